The highest BCUT2D eigenvalue weighted by Gasteiger charge is 2.12. The molecule has 144 valence electrons. The Hall–Kier alpha value is -1.93. The van der Waals surface area contributed by atoms with E-state index in [-0.39, 0.29) is 17.9 Å². The van der Waals surface area contributed by atoms with Gasteiger partial charge in [0.05, 0.1) is 12.1 Å². The van der Waals surface area contributed by atoms with E-state index in [1.54, 1.807) is 13.0 Å². The Kier molecular flexibility index (Phi) is 12.3. The molecule has 0 aliphatic carbocycles. The SMILES string of the molecule is CCCC[C@@H](/C=C/C(=O)NCCCCC(N)C(N)=O)NC(=O)[C@H](C)N. The van der Waals surface area contributed by atoms with Gasteiger partial charge in [0.2, 0.25) is 17.7 Å². The number of rotatable bonds is 13. The predicted octanol–water partition coefficient (Wildman–Crippen LogP) is -0.336. The lowest BCUT2D eigenvalue weighted by molar-refractivity contribution is -0.122. The topological polar surface area (TPSA) is 153 Å². The summed E-state index contributed by atoms with van der Waals surface area (Å²) in [5.41, 5.74) is 16.1. The van der Waals surface area contributed by atoms with Gasteiger partial charge in [-0.1, -0.05) is 25.8 Å². The summed E-state index contributed by atoms with van der Waals surface area (Å²) in [6.07, 6.45) is 7.73. The molecule has 0 bridgehead atoms. The minimum Gasteiger partial charge on any atom is -0.368 e. The molecule has 8 N–H and O–H groups in total. The smallest absolute Gasteiger partial charge is 0.243 e. The molecule has 0 saturated heterocycles. The van der Waals surface area contributed by atoms with Crippen LogP contribution >= 0.6 is 0 Å². The van der Waals surface area contributed by atoms with Crippen molar-refractivity contribution in [2.45, 2.75) is 70.5 Å². The zero-order valence-electron chi connectivity index (χ0n) is 15.3. The van der Waals surface area contributed by atoms with Crippen molar-refractivity contribution in [3.8, 4) is 0 Å². The Morgan fingerprint density at radius 1 is 1.08 bits per heavy atom. The minimum absolute atomic E-state index is 0.210. The number of unbranched alkanes of at least 4 members (excludes halogenated alkanes) is 2. The summed E-state index contributed by atoms with van der Waals surface area (Å²) in [5, 5.41) is 5.57. The average Bonchev–Trinajstić information content (AvgIpc) is 2.56. The van der Waals surface area contributed by atoms with E-state index in [9.17, 15) is 14.4 Å². The molecule has 8 nitrogen and oxygen atoms in total. The molecule has 0 aromatic heterocycles. The van der Waals surface area contributed by atoms with Crippen LogP contribution in [0.1, 0.15) is 52.4 Å². The first-order valence-corrected chi connectivity index (χ1v) is 8.84. The molecule has 0 aliphatic rings. The number of hydrogen-bond acceptors (Lipinski definition) is 5. The quantitative estimate of drug-likeness (QED) is 0.226. The van der Waals surface area contributed by atoms with Crippen molar-refractivity contribution in [3.05, 3.63) is 12.2 Å². The van der Waals surface area contributed by atoms with E-state index in [4.69, 9.17) is 17.2 Å². The summed E-state index contributed by atoms with van der Waals surface area (Å²) in [6.45, 7) is 4.16. The fourth-order valence-corrected chi connectivity index (χ4v) is 2.06. The van der Waals surface area contributed by atoms with E-state index >= 15 is 0 Å². The molecule has 8 heteroatoms. The van der Waals surface area contributed by atoms with Crippen LogP contribution in [0.5, 0.6) is 0 Å². The number of hydrogen-bond donors (Lipinski definition) is 5. The molecule has 0 heterocycles. The molecule has 25 heavy (non-hydrogen) atoms. The van der Waals surface area contributed by atoms with Crippen LogP contribution < -0.4 is 27.8 Å². The Morgan fingerprint density at radius 2 is 1.76 bits per heavy atom. The number of nitrogens with two attached hydrogens (primary N) is 3. The van der Waals surface area contributed by atoms with Gasteiger partial charge in [-0.15, -0.1) is 0 Å². The Labute approximate surface area is 149 Å². The third-order valence-electron chi connectivity index (χ3n) is 3.70. The Balaban J connectivity index is 4.19. The van der Waals surface area contributed by atoms with Crippen LogP contribution in [-0.2, 0) is 14.4 Å². The third kappa shape index (κ3) is 12.1. The largest absolute Gasteiger partial charge is 0.368 e. The molecule has 0 radical (unpaired) electrons. The molecule has 0 rings (SSSR count). The second-order valence-electron chi connectivity index (χ2n) is 6.20. The summed E-state index contributed by atoms with van der Waals surface area (Å²) in [5.74, 6) is -0.980. The first-order chi connectivity index (χ1) is 11.8. The molecular formula is C17H33N5O3. The molecule has 3 atom stereocenters. The van der Waals surface area contributed by atoms with Crippen LogP contribution in [-0.4, -0.2) is 42.4 Å². The van der Waals surface area contributed by atoms with Crippen LogP contribution in [0.25, 0.3) is 0 Å². The lowest BCUT2D eigenvalue weighted by Crippen LogP contribution is -2.43. The summed E-state index contributed by atoms with van der Waals surface area (Å²) in [4.78, 5) is 34.3. The van der Waals surface area contributed by atoms with E-state index in [0.29, 0.717) is 25.8 Å². The number of primary amides is 1. The molecule has 0 aliphatic heterocycles. The maximum atomic E-state index is 11.8. The number of amides is 3. The van der Waals surface area contributed by atoms with Gasteiger partial charge in [-0.05, 0) is 32.6 Å². The molecule has 0 saturated carbocycles. The molecule has 1 unspecified atom stereocenters. The molecule has 0 spiro atoms. The maximum absolute atomic E-state index is 11.8. The van der Waals surface area contributed by atoms with E-state index in [2.05, 4.69) is 17.6 Å². The monoisotopic (exact) mass is 355 g/mol. The normalized spacial score (nSPS) is 14.7. The number of nitrogens with one attached hydrogen (secondary N) is 2. The zero-order chi connectivity index (χ0) is 19.2. The van der Waals surface area contributed by atoms with Gasteiger partial charge < -0.3 is 27.8 Å². The molecule has 0 fully saturated rings. The van der Waals surface area contributed by atoms with Gasteiger partial charge in [0.25, 0.3) is 0 Å². The highest BCUT2D eigenvalue weighted by Crippen LogP contribution is 2.03. The summed E-state index contributed by atoms with van der Waals surface area (Å²) in [6, 6.07) is -1.43. The number of carbonyl (C=O) groups excluding carboxylic acids is 3. The first kappa shape index (κ1) is 23.1. The van der Waals surface area contributed by atoms with E-state index in [0.717, 1.165) is 19.3 Å². The average molecular weight is 355 g/mol. The van der Waals surface area contributed by atoms with Crippen molar-refractivity contribution in [2.24, 2.45) is 17.2 Å². The first-order valence-electron chi connectivity index (χ1n) is 8.84. The van der Waals surface area contributed by atoms with Gasteiger partial charge in [0.1, 0.15) is 0 Å². The van der Waals surface area contributed by atoms with Crippen molar-refractivity contribution in [2.75, 3.05) is 6.54 Å². The second-order valence-corrected chi connectivity index (χ2v) is 6.20. The van der Waals surface area contributed by atoms with Gasteiger partial charge in [0.15, 0.2) is 0 Å². The van der Waals surface area contributed by atoms with Gasteiger partial charge in [-0.3, -0.25) is 14.4 Å². The van der Waals surface area contributed by atoms with Crippen molar-refractivity contribution < 1.29 is 14.4 Å². The molecule has 3 amide bonds. The van der Waals surface area contributed by atoms with Gasteiger partial charge in [-0.25, -0.2) is 0 Å². The molecular weight excluding hydrogens is 322 g/mol. The molecule has 0 aromatic carbocycles. The summed E-state index contributed by atoms with van der Waals surface area (Å²) in [7, 11) is 0. The predicted molar refractivity (Wildman–Crippen MR) is 98.3 cm³/mol. The van der Waals surface area contributed by atoms with Crippen LogP contribution in [0.2, 0.25) is 0 Å². The van der Waals surface area contributed by atoms with Gasteiger partial charge in [0, 0.05) is 18.7 Å². The Morgan fingerprint density at radius 3 is 2.32 bits per heavy atom. The fraction of sp³-hybridized carbons (Fsp3) is 0.706. The number of carbonyl (C=O) groups is 3. The van der Waals surface area contributed by atoms with Gasteiger partial charge >= 0.3 is 0 Å². The second kappa shape index (κ2) is 13.4. The standard InChI is InChI=1S/C17H33N5O3/c1-3-4-7-13(22-17(25)12(2)18)9-10-15(23)21-11-6-5-8-14(19)16(20)24/h9-10,12-14H,3-8,11,18-19H2,1-2H3,(H2,20,24)(H,21,23)(H,22,25)/b10-9+/t12-,13-,14?/m0/s1. The maximum Gasteiger partial charge on any atom is 0.243 e. The summed E-state index contributed by atoms with van der Waals surface area (Å²) >= 11 is 0. The van der Waals surface area contributed by atoms with Gasteiger partial charge in [-0.2, -0.15) is 0 Å². The zero-order valence-corrected chi connectivity index (χ0v) is 15.3. The van der Waals surface area contributed by atoms with Crippen LogP contribution in [0.4, 0.5) is 0 Å². The van der Waals surface area contributed by atoms with Crippen LogP contribution in [0.3, 0.4) is 0 Å². The molecule has 0 aromatic rings. The van der Waals surface area contributed by atoms with Crippen LogP contribution in [0.15, 0.2) is 12.2 Å². The lowest BCUT2D eigenvalue weighted by atomic mass is 10.1. The van der Waals surface area contributed by atoms with Crippen molar-refractivity contribution in [1.82, 2.24) is 10.6 Å². The highest BCUT2D eigenvalue weighted by atomic mass is 16.2. The van der Waals surface area contributed by atoms with E-state index in [1.165, 1.54) is 6.08 Å². The van der Waals surface area contributed by atoms with Crippen LogP contribution in [0, 0.1) is 0 Å². The lowest BCUT2D eigenvalue weighted by Gasteiger charge is -2.16. The fourth-order valence-electron chi connectivity index (χ4n) is 2.06. The van der Waals surface area contributed by atoms with Crippen molar-refractivity contribution >= 4 is 17.7 Å². The summed E-state index contributed by atoms with van der Waals surface area (Å²) < 4.78 is 0. The minimum atomic E-state index is -0.636. The Bertz CT molecular complexity index is 452. The van der Waals surface area contributed by atoms with Crippen molar-refractivity contribution in [1.29, 1.82) is 0 Å². The van der Waals surface area contributed by atoms with E-state index < -0.39 is 18.0 Å². The van der Waals surface area contributed by atoms with Crippen molar-refractivity contribution in [3.63, 3.8) is 0 Å². The highest BCUT2D eigenvalue weighted by molar-refractivity contribution is 5.87. The van der Waals surface area contributed by atoms with E-state index in [1.807, 2.05) is 0 Å². The third-order valence-corrected chi connectivity index (χ3v) is 3.70.